The summed E-state index contributed by atoms with van der Waals surface area (Å²) in [5.74, 6) is 0. The number of unbranched alkanes of at least 4 members (excludes halogenated alkanes) is 18. The number of rotatable bonds is 26. The highest BCUT2D eigenvalue weighted by Gasteiger charge is 2.22. The molecule has 0 bridgehead atoms. The van der Waals surface area contributed by atoms with Crippen molar-refractivity contribution in [3.05, 3.63) is 94.4 Å². The van der Waals surface area contributed by atoms with Crippen LogP contribution in [0.15, 0.2) is 72.8 Å². The van der Waals surface area contributed by atoms with Crippen molar-refractivity contribution in [3.8, 4) is 41.1 Å². The van der Waals surface area contributed by atoms with Gasteiger partial charge in [0.1, 0.15) is 0 Å². The summed E-state index contributed by atoms with van der Waals surface area (Å²) in [6, 6.07) is 27.6. The van der Waals surface area contributed by atoms with E-state index in [1.165, 1.54) is 183 Å². The van der Waals surface area contributed by atoms with E-state index in [9.17, 15) is 0 Å². The summed E-state index contributed by atoms with van der Waals surface area (Å²) in [7, 11) is 0. The van der Waals surface area contributed by atoms with Gasteiger partial charge in [-0.1, -0.05) is 184 Å². The van der Waals surface area contributed by atoms with Crippen LogP contribution in [0.2, 0.25) is 0 Å². The van der Waals surface area contributed by atoms with Gasteiger partial charge in [-0.05, 0) is 91.6 Å². The van der Waals surface area contributed by atoms with E-state index in [2.05, 4.69) is 112 Å². The lowest BCUT2D eigenvalue weighted by atomic mass is 9.95. The van der Waals surface area contributed by atoms with Gasteiger partial charge >= 0.3 is 0 Å². The van der Waals surface area contributed by atoms with Crippen molar-refractivity contribution in [1.29, 1.82) is 0 Å². The van der Waals surface area contributed by atoms with Gasteiger partial charge in [0, 0.05) is 29.3 Å². The molecule has 0 aliphatic carbocycles. The Kier molecular flexibility index (Phi) is 18.5. The van der Waals surface area contributed by atoms with E-state index in [1.807, 2.05) is 22.7 Å². The summed E-state index contributed by atoms with van der Waals surface area (Å²) >= 11 is 6.09. The number of thiophene rings is 3. The topological polar surface area (TPSA) is 0 Å². The minimum atomic E-state index is 1.22. The summed E-state index contributed by atoms with van der Waals surface area (Å²) in [6.45, 7) is 9.05. The Morgan fingerprint density at radius 3 is 1.17 bits per heavy atom. The second kappa shape index (κ2) is 23.5. The Morgan fingerprint density at radius 2 is 0.717 bits per heavy atom. The zero-order valence-electron chi connectivity index (χ0n) is 33.7. The fraction of sp³-hybridized carbons (Fsp3) is 0.520. The Hall–Kier alpha value is -2.46. The van der Waals surface area contributed by atoms with E-state index >= 15 is 0 Å². The maximum Gasteiger partial charge on any atom is 0.0484 e. The molecule has 3 heterocycles. The summed E-state index contributed by atoms with van der Waals surface area (Å²) in [4.78, 5) is 8.85. The molecule has 0 N–H and O–H groups in total. The smallest absolute Gasteiger partial charge is 0.0484 e. The van der Waals surface area contributed by atoms with Crippen molar-refractivity contribution in [2.24, 2.45) is 0 Å². The van der Waals surface area contributed by atoms with Crippen molar-refractivity contribution < 1.29 is 0 Å². The van der Waals surface area contributed by atoms with Gasteiger partial charge < -0.3 is 0 Å². The molecule has 0 amide bonds. The first-order valence-corrected chi connectivity index (χ1v) is 24.0. The highest BCUT2D eigenvalue weighted by atomic mass is 32.1. The molecule has 0 spiro atoms. The lowest BCUT2D eigenvalue weighted by molar-refractivity contribution is 0.553. The first kappa shape index (κ1) is 41.7. The molecule has 3 aromatic heterocycles. The molecule has 0 atom stereocenters. The fourth-order valence-corrected chi connectivity index (χ4v) is 11.3. The third-order valence-electron chi connectivity index (χ3n) is 11.0. The molecular weight excluding hydrogens is 697 g/mol. The monoisotopic (exact) mass is 764 g/mol. The van der Waals surface area contributed by atoms with Crippen LogP contribution in [0.4, 0.5) is 0 Å². The van der Waals surface area contributed by atoms with Gasteiger partial charge in [0.05, 0.1) is 0 Å². The van der Waals surface area contributed by atoms with Gasteiger partial charge in [0.15, 0.2) is 0 Å². The van der Waals surface area contributed by atoms with Gasteiger partial charge in [-0.3, -0.25) is 0 Å². The van der Waals surface area contributed by atoms with Crippen LogP contribution in [0.1, 0.15) is 164 Å². The first-order valence-electron chi connectivity index (χ1n) is 21.6. The normalized spacial score (nSPS) is 11.5. The molecule has 53 heavy (non-hydrogen) atoms. The van der Waals surface area contributed by atoms with Crippen LogP contribution in [-0.2, 0) is 12.8 Å². The second-order valence-corrected chi connectivity index (χ2v) is 19.0. The van der Waals surface area contributed by atoms with Gasteiger partial charge in [0.2, 0.25) is 0 Å². The molecule has 0 aliphatic rings. The average Bonchev–Trinajstić information content (AvgIpc) is 3.92. The van der Waals surface area contributed by atoms with Crippen LogP contribution >= 0.6 is 34.0 Å². The highest BCUT2D eigenvalue weighted by molar-refractivity contribution is 7.27. The molecule has 5 aromatic rings. The van der Waals surface area contributed by atoms with Crippen molar-refractivity contribution in [3.63, 3.8) is 0 Å². The molecule has 286 valence electrons. The molecule has 0 nitrogen and oxygen atoms in total. The van der Waals surface area contributed by atoms with Crippen molar-refractivity contribution >= 4 is 34.0 Å². The molecule has 0 saturated heterocycles. The quantitative estimate of drug-likeness (QED) is 0.0492. The standard InChI is InChI=1S/C50H68S3/c1-5-7-9-11-13-15-17-19-21-23-25-44-45(26-24-22-20-18-16-14-12-10-8-6-2)50(53-49(44)47-36-29-40(4)51-47)48-38-37-46(52-48)43-34-32-42(33-35-43)41-30-27-39(3)28-31-41/h27-38H,5-26H2,1-4H3. The SMILES string of the molecule is CCCCCCCCCCCCc1c(-c2ccc(C)s2)sc(-c2ccc(-c3ccc(-c4ccc(C)cc4)cc3)s2)c1CCCCCCCCCCCC. The maximum absolute atomic E-state index is 2.43. The Morgan fingerprint density at radius 1 is 0.340 bits per heavy atom. The first-order chi connectivity index (χ1) is 26.1. The van der Waals surface area contributed by atoms with Crippen molar-refractivity contribution in [1.82, 2.24) is 0 Å². The molecule has 5 rings (SSSR count). The average molecular weight is 765 g/mol. The summed E-state index contributed by atoms with van der Waals surface area (Å²) in [5.41, 5.74) is 8.56. The van der Waals surface area contributed by atoms with Gasteiger partial charge in [-0.15, -0.1) is 34.0 Å². The zero-order valence-corrected chi connectivity index (χ0v) is 36.2. The summed E-state index contributed by atoms with van der Waals surface area (Å²) in [5, 5.41) is 0. The molecule has 3 heteroatoms. The van der Waals surface area contributed by atoms with E-state index in [-0.39, 0.29) is 0 Å². The third-order valence-corrected chi connectivity index (χ3v) is 14.8. The van der Waals surface area contributed by atoms with Crippen molar-refractivity contribution in [2.45, 2.75) is 169 Å². The molecule has 0 saturated carbocycles. The third kappa shape index (κ3) is 13.4. The lowest BCUT2D eigenvalue weighted by Gasteiger charge is -2.10. The van der Waals surface area contributed by atoms with E-state index in [4.69, 9.17) is 0 Å². The predicted octanol–water partition coefficient (Wildman–Crippen LogP) is 18.1. The van der Waals surface area contributed by atoms with Gasteiger partial charge in [-0.25, -0.2) is 0 Å². The molecule has 0 fully saturated rings. The molecule has 0 radical (unpaired) electrons. The number of aryl methyl sites for hydroxylation is 2. The van der Waals surface area contributed by atoms with Crippen molar-refractivity contribution in [2.75, 3.05) is 0 Å². The molecule has 2 aromatic carbocycles. The van der Waals surface area contributed by atoms with Crippen LogP contribution < -0.4 is 0 Å². The number of benzene rings is 2. The molecule has 0 aliphatic heterocycles. The van der Waals surface area contributed by atoms with Crippen LogP contribution in [0.5, 0.6) is 0 Å². The van der Waals surface area contributed by atoms with E-state index in [0.717, 1.165) is 0 Å². The predicted molar refractivity (Wildman–Crippen MR) is 242 cm³/mol. The van der Waals surface area contributed by atoms with Crippen LogP contribution in [0.3, 0.4) is 0 Å². The highest BCUT2D eigenvalue weighted by Crippen LogP contribution is 2.48. The maximum atomic E-state index is 2.43. The van der Waals surface area contributed by atoms with Crippen LogP contribution in [0, 0.1) is 13.8 Å². The summed E-state index contributed by atoms with van der Waals surface area (Å²) < 4.78 is 0. The lowest BCUT2D eigenvalue weighted by Crippen LogP contribution is -1.95. The Labute approximate surface area is 336 Å². The Bertz CT molecular complexity index is 1710. The van der Waals surface area contributed by atoms with Crippen LogP contribution in [0.25, 0.3) is 41.1 Å². The fourth-order valence-electron chi connectivity index (χ4n) is 7.75. The van der Waals surface area contributed by atoms with Gasteiger partial charge in [-0.2, -0.15) is 0 Å². The summed E-state index contributed by atoms with van der Waals surface area (Å²) in [6.07, 6.45) is 30.3. The van der Waals surface area contributed by atoms with E-state index < -0.39 is 0 Å². The largest absolute Gasteiger partial charge is 0.140 e. The minimum Gasteiger partial charge on any atom is -0.140 e. The Balaban J connectivity index is 1.31. The second-order valence-electron chi connectivity index (χ2n) is 15.6. The molecular formula is C50H68S3. The van der Waals surface area contributed by atoms with E-state index in [1.54, 1.807) is 20.9 Å². The van der Waals surface area contributed by atoms with E-state index in [0.29, 0.717) is 0 Å². The minimum absolute atomic E-state index is 1.22. The number of hydrogen-bond acceptors (Lipinski definition) is 3. The van der Waals surface area contributed by atoms with Crippen LogP contribution in [-0.4, -0.2) is 0 Å². The number of hydrogen-bond donors (Lipinski definition) is 0. The molecule has 0 unspecified atom stereocenters. The van der Waals surface area contributed by atoms with Gasteiger partial charge in [0.25, 0.3) is 0 Å². The zero-order chi connectivity index (χ0) is 37.1.